The van der Waals surface area contributed by atoms with E-state index in [9.17, 15) is 18.0 Å². The van der Waals surface area contributed by atoms with Crippen molar-refractivity contribution in [3.8, 4) is 0 Å². The summed E-state index contributed by atoms with van der Waals surface area (Å²) in [6, 6.07) is 14.8. The first-order valence-corrected chi connectivity index (χ1v) is 9.35. The Balaban J connectivity index is 1.84. The van der Waals surface area contributed by atoms with Crippen LogP contribution in [0.3, 0.4) is 0 Å². The van der Waals surface area contributed by atoms with Crippen LogP contribution in [0.2, 0.25) is 0 Å². The van der Waals surface area contributed by atoms with Gasteiger partial charge in [0.1, 0.15) is 0 Å². The lowest BCUT2D eigenvalue weighted by molar-refractivity contribution is -0.121. The molecule has 0 aliphatic heterocycles. The second-order valence-electron chi connectivity index (χ2n) is 5.29. The second-order valence-corrected chi connectivity index (χ2v) is 7.39. The minimum atomic E-state index is -3.76. The van der Waals surface area contributed by atoms with E-state index in [2.05, 4.69) is 5.32 Å². The van der Waals surface area contributed by atoms with Crippen LogP contribution in [0.5, 0.6) is 0 Å². The maximum Gasteiger partial charge on any atom is 0.253 e. The number of Topliss-reactive ketones (excluding diaryl/α,β-unsaturated/α-hetero) is 1. The molecule has 1 amide bonds. The molecule has 2 aromatic carbocycles. The fraction of sp³-hybridized carbons (Fsp3) is 0.176. The summed E-state index contributed by atoms with van der Waals surface area (Å²) in [4.78, 5) is 23.9. The number of carbonyl (C=O) groups excluding carboxylic acids is 2. The molecule has 0 aromatic heterocycles. The highest BCUT2D eigenvalue weighted by atomic mass is 35.5. The molecular formula is C17H17ClN2O4S. The quantitative estimate of drug-likeness (QED) is 0.543. The number of nitrogens with one attached hydrogen (secondary N) is 2. The van der Waals surface area contributed by atoms with Crippen LogP contribution in [0, 0.1) is 0 Å². The molecule has 0 fully saturated rings. The zero-order valence-corrected chi connectivity index (χ0v) is 14.8. The van der Waals surface area contributed by atoms with Crippen molar-refractivity contribution < 1.29 is 18.0 Å². The average Bonchev–Trinajstić information content (AvgIpc) is 2.65. The van der Waals surface area contributed by atoms with Gasteiger partial charge in [0.15, 0.2) is 5.78 Å². The number of halogens is 1. The summed E-state index contributed by atoms with van der Waals surface area (Å²) < 4.78 is 24.7. The Morgan fingerprint density at radius 2 is 1.56 bits per heavy atom. The molecule has 8 heteroatoms. The number of ketones is 1. The van der Waals surface area contributed by atoms with Crippen LogP contribution in [0.1, 0.15) is 28.8 Å². The smallest absolute Gasteiger partial charge is 0.253 e. The van der Waals surface area contributed by atoms with E-state index >= 15 is 0 Å². The van der Waals surface area contributed by atoms with Gasteiger partial charge in [-0.15, -0.1) is 4.24 Å². The Hall–Kier alpha value is -2.22. The number of rotatable bonds is 8. The van der Waals surface area contributed by atoms with Gasteiger partial charge in [-0.3, -0.25) is 9.59 Å². The minimum absolute atomic E-state index is 0.0420. The molecule has 0 aliphatic rings. The van der Waals surface area contributed by atoms with Crippen LogP contribution < -0.4 is 9.56 Å². The predicted molar refractivity (Wildman–Crippen MR) is 94.5 cm³/mol. The standard InChI is InChI=1S/C17H17ClN2O4S/c18-20-25(23,24)15-8-6-14(7-9-15)16(21)10-11-17(22)19-12-13-4-2-1-3-5-13/h1-9,20H,10-12H2,(H,19,22). The van der Waals surface area contributed by atoms with Crippen molar-refractivity contribution in [3.63, 3.8) is 0 Å². The lowest BCUT2D eigenvalue weighted by Crippen LogP contribution is -2.23. The molecule has 2 N–H and O–H groups in total. The predicted octanol–water partition coefficient (Wildman–Crippen LogP) is 2.40. The lowest BCUT2D eigenvalue weighted by Gasteiger charge is -2.06. The van der Waals surface area contributed by atoms with Crippen molar-refractivity contribution in [1.82, 2.24) is 9.56 Å². The van der Waals surface area contributed by atoms with E-state index in [1.165, 1.54) is 24.3 Å². The summed E-state index contributed by atoms with van der Waals surface area (Å²) in [5.41, 5.74) is 1.32. The van der Waals surface area contributed by atoms with Crippen molar-refractivity contribution in [1.29, 1.82) is 0 Å². The fourth-order valence-electron chi connectivity index (χ4n) is 2.12. The Kier molecular flexibility index (Phi) is 6.69. The zero-order chi connectivity index (χ0) is 18.3. The van der Waals surface area contributed by atoms with E-state index in [0.29, 0.717) is 12.1 Å². The van der Waals surface area contributed by atoms with Gasteiger partial charge in [-0.05, 0) is 29.5 Å². The number of sulfonamides is 1. The molecule has 2 aromatic rings. The molecule has 0 spiro atoms. The molecule has 0 bridgehead atoms. The van der Waals surface area contributed by atoms with Crippen LogP contribution >= 0.6 is 11.8 Å². The van der Waals surface area contributed by atoms with E-state index in [1.54, 1.807) is 4.24 Å². The van der Waals surface area contributed by atoms with Crippen LogP contribution in [0.15, 0.2) is 59.5 Å². The molecule has 2 rings (SSSR count). The van der Waals surface area contributed by atoms with E-state index in [4.69, 9.17) is 11.8 Å². The van der Waals surface area contributed by atoms with E-state index in [1.807, 2.05) is 30.3 Å². The van der Waals surface area contributed by atoms with Gasteiger partial charge in [-0.25, -0.2) is 8.42 Å². The van der Waals surface area contributed by atoms with Gasteiger partial charge in [0, 0.05) is 24.9 Å². The summed E-state index contributed by atoms with van der Waals surface area (Å²) in [6.45, 7) is 0.409. The summed E-state index contributed by atoms with van der Waals surface area (Å²) >= 11 is 5.14. The second kappa shape index (κ2) is 8.75. The lowest BCUT2D eigenvalue weighted by atomic mass is 10.1. The SMILES string of the molecule is O=C(CCC(=O)c1ccc(S(=O)(=O)NCl)cc1)NCc1ccccc1. The molecule has 0 aliphatic carbocycles. The summed E-state index contributed by atoms with van der Waals surface area (Å²) in [5.74, 6) is -0.458. The van der Waals surface area contributed by atoms with Gasteiger partial charge in [-0.2, -0.15) is 0 Å². The maximum atomic E-state index is 12.1. The highest BCUT2D eigenvalue weighted by Gasteiger charge is 2.14. The van der Waals surface area contributed by atoms with Gasteiger partial charge < -0.3 is 5.32 Å². The molecule has 0 heterocycles. The molecular weight excluding hydrogens is 364 g/mol. The molecule has 0 atom stereocenters. The van der Waals surface area contributed by atoms with Gasteiger partial charge in [0.05, 0.1) is 4.90 Å². The van der Waals surface area contributed by atoms with Crippen LogP contribution in [0.4, 0.5) is 0 Å². The maximum absolute atomic E-state index is 12.1. The van der Waals surface area contributed by atoms with E-state index in [-0.39, 0.29) is 29.4 Å². The molecule has 0 saturated carbocycles. The van der Waals surface area contributed by atoms with Gasteiger partial charge in [-0.1, -0.05) is 42.5 Å². The van der Waals surface area contributed by atoms with Crippen LogP contribution in [-0.2, 0) is 21.4 Å². The van der Waals surface area contributed by atoms with Crippen molar-refractivity contribution in [2.45, 2.75) is 24.3 Å². The molecule has 25 heavy (non-hydrogen) atoms. The number of carbonyl (C=O) groups is 2. The summed E-state index contributed by atoms with van der Waals surface area (Å²) in [6.07, 6.45) is 0.107. The fourth-order valence-corrected chi connectivity index (χ4v) is 2.97. The largest absolute Gasteiger partial charge is 0.352 e. The van der Waals surface area contributed by atoms with Crippen LogP contribution in [-0.4, -0.2) is 20.1 Å². The highest BCUT2D eigenvalue weighted by Crippen LogP contribution is 2.13. The normalized spacial score (nSPS) is 11.1. The van der Waals surface area contributed by atoms with Crippen LogP contribution in [0.25, 0.3) is 0 Å². The summed E-state index contributed by atoms with van der Waals surface area (Å²) in [5, 5.41) is 2.75. The van der Waals surface area contributed by atoms with Crippen molar-refractivity contribution in [3.05, 3.63) is 65.7 Å². The molecule has 0 unspecified atom stereocenters. The number of amides is 1. The number of hydrogen-bond acceptors (Lipinski definition) is 4. The van der Waals surface area contributed by atoms with Gasteiger partial charge in [0.2, 0.25) is 5.91 Å². The Morgan fingerprint density at radius 1 is 0.920 bits per heavy atom. The van der Waals surface area contributed by atoms with Crippen molar-refractivity contribution >= 4 is 33.5 Å². The van der Waals surface area contributed by atoms with Crippen molar-refractivity contribution in [2.24, 2.45) is 0 Å². The Morgan fingerprint density at radius 3 is 2.16 bits per heavy atom. The number of benzene rings is 2. The van der Waals surface area contributed by atoms with Gasteiger partial charge >= 0.3 is 0 Å². The first-order chi connectivity index (χ1) is 11.9. The third-order valence-electron chi connectivity index (χ3n) is 3.50. The monoisotopic (exact) mass is 380 g/mol. The average molecular weight is 381 g/mol. The van der Waals surface area contributed by atoms with E-state index in [0.717, 1.165) is 5.56 Å². The molecule has 0 saturated heterocycles. The minimum Gasteiger partial charge on any atom is -0.352 e. The Labute approximate surface area is 151 Å². The number of hydrogen-bond donors (Lipinski definition) is 2. The zero-order valence-electron chi connectivity index (χ0n) is 13.2. The third-order valence-corrected chi connectivity index (χ3v) is 5.21. The third kappa shape index (κ3) is 5.67. The first-order valence-electron chi connectivity index (χ1n) is 7.49. The van der Waals surface area contributed by atoms with Gasteiger partial charge in [0.25, 0.3) is 10.0 Å². The van der Waals surface area contributed by atoms with E-state index < -0.39 is 10.0 Å². The molecule has 132 valence electrons. The first kappa shape index (κ1) is 19.1. The highest BCUT2D eigenvalue weighted by molar-refractivity contribution is 7.90. The Bertz CT molecular complexity index is 837. The summed E-state index contributed by atoms with van der Waals surface area (Å²) in [7, 11) is -3.76. The topological polar surface area (TPSA) is 92.3 Å². The van der Waals surface area contributed by atoms with Crippen molar-refractivity contribution in [2.75, 3.05) is 0 Å². The molecule has 6 nitrogen and oxygen atoms in total. The molecule has 0 radical (unpaired) electrons.